The van der Waals surface area contributed by atoms with Gasteiger partial charge in [-0.05, 0) is 68.6 Å². The summed E-state index contributed by atoms with van der Waals surface area (Å²) in [5.74, 6) is 0.698. The van der Waals surface area contributed by atoms with Crippen molar-refractivity contribution >= 4 is 64.1 Å². The molecular weight excluding hydrogens is 687 g/mol. The first-order chi connectivity index (χ1) is 27.2. The van der Waals surface area contributed by atoms with Crippen LogP contribution in [-0.2, 0) is 0 Å². The number of aromatic nitrogens is 3. The maximum Gasteiger partial charge on any atom is 0.160 e. The number of pyridine rings is 1. The predicted octanol–water partition coefficient (Wildman–Crippen LogP) is 14.0. The molecule has 3 nitrogen and oxygen atoms in total. The number of hydrogen-bond donors (Lipinski definition) is 0. The molecule has 0 aliphatic rings. The molecule has 0 bridgehead atoms. The highest BCUT2D eigenvalue weighted by atomic mass is 32.1. The smallest absolute Gasteiger partial charge is 0.160 e. The quantitative estimate of drug-likeness (QED) is 0.166. The van der Waals surface area contributed by atoms with Crippen molar-refractivity contribution in [2.75, 3.05) is 0 Å². The molecule has 0 saturated heterocycles. The molecule has 11 rings (SSSR count). The fourth-order valence-corrected chi connectivity index (χ4v) is 9.25. The zero-order valence-electron chi connectivity index (χ0n) is 29.6. The Hall–Kier alpha value is -7.01. The number of benzene rings is 8. The fraction of sp³-hybridized carbons (Fsp3) is 0. The van der Waals surface area contributed by atoms with Crippen LogP contribution in [0.4, 0.5) is 0 Å². The Balaban J connectivity index is 1.06. The van der Waals surface area contributed by atoms with Crippen LogP contribution in [-0.4, -0.2) is 15.0 Å². The normalized spacial score (nSPS) is 11.6. The molecule has 8 aromatic carbocycles. The van der Waals surface area contributed by atoms with Crippen LogP contribution in [0.1, 0.15) is 0 Å². The van der Waals surface area contributed by atoms with Crippen molar-refractivity contribution in [2.24, 2.45) is 0 Å². The number of fused-ring (bicyclic) bond motifs is 7. The van der Waals surface area contributed by atoms with E-state index in [-0.39, 0.29) is 0 Å². The third-order valence-electron chi connectivity index (χ3n) is 10.7. The minimum Gasteiger partial charge on any atom is -0.246 e. The van der Waals surface area contributed by atoms with Gasteiger partial charge in [-0.25, -0.2) is 15.0 Å². The van der Waals surface area contributed by atoms with Gasteiger partial charge in [0, 0.05) is 37.7 Å². The van der Waals surface area contributed by atoms with Gasteiger partial charge in [-0.2, -0.15) is 0 Å². The van der Waals surface area contributed by atoms with Crippen molar-refractivity contribution < 1.29 is 0 Å². The molecule has 0 spiro atoms. The first kappa shape index (κ1) is 31.5. The molecule has 3 aromatic heterocycles. The SMILES string of the molecule is c1ccc(-c2nc(-c3ccc(-c4cc5ccccc5c5ccccc45)cc3)cc(-c3cccc(-c4c5ccccc5nc5c4sc4ccccc45)c3)n2)cc1. The summed E-state index contributed by atoms with van der Waals surface area (Å²) in [6.45, 7) is 0. The molecule has 0 fully saturated rings. The number of nitrogens with zero attached hydrogens (tertiary/aromatic N) is 3. The Morgan fingerprint density at radius 3 is 1.82 bits per heavy atom. The molecule has 256 valence electrons. The van der Waals surface area contributed by atoms with Gasteiger partial charge >= 0.3 is 0 Å². The summed E-state index contributed by atoms with van der Waals surface area (Å²) in [4.78, 5) is 15.5. The highest BCUT2D eigenvalue weighted by Gasteiger charge is 2.18. The van der Waals surface area contributed by atoms with Crippen molar-refractivity contribution in [1.82, 2.24) is 15.0 Å². The second-order valence-electron chi connectivity index (χ2n) is 14.0. The lowest BCUT2D eigenvalue weighted by Gasteiger charge is -2.13. The summed E-state index contributed by atoms with van der Waals surface area (Å²) in [7, 11) is 0. The molecule has 0 aliphatic carbocycles. The zero-order valence-corrected chi connectivity index (χ0v) is 30.5. The number of thiophene rings is 1. The molecular formula is C51H31N3S. The van der Waals surface area contributed by atoms with E-state index >= 15 is 0 Å². The van der Waals surface area contributed by atoms with Gasteiger partial charge in [0.25, 0.3) is 0 Å². The van der Waals surface area contributed by atoms with Gasteiger partial charge in [-0.1, -0.05) is 158 Å². The van der Waals surface area contributed by atoms with Gasteiger partial charge < -0.3 is 0 Å². The Morgan fingerprint density at radius 2 is 0.982 bits per heavy atom. The molecule has 0 saturated carbocycles. The van der Waals surface area contributed by atoms with Gasteiger partial charge in [-0.3, -0.25) is 0 Å². The molecule has 0 aliphatic heterocycles. The van der Waals surface area contributed by atoms with E-state index < -0.39 is 0 Å². The van der Waals surface area contributed by atoms with E-state index in [1.807, 2.05) is 29.5 Å². The molecule has 11 aromatic rings. The Morgan fingerprint density at radius 1 is 0.364 bits per heavy atom. The summed E-state index contributed by atoms with van der Waals surface area (Å²) in [5.41, 5.74) is 11.6. The Bertz CT molecular complexity index is 3260. The Kier molecular flexibility index (Phi) is 7.35. The van der Waals surface area contributed by atoms with Crippen LogP contribution in [0.15, 0.2) is 188 Å². The average molecular weight is 718 g/mol. The predicted molar refractivity (Wildman–Crippen MR) is 232 cm³/mol. The third-order valence-corrected chi connectivity index (χ3v) is 11.8. The van der Waals surface area contributed by atoms with Gasteiger partial charge in [0.05, 0.1) is 27.1 Å². The standard InChI is InChI=1S/C51H31N3S/c1-2-13-34(14-3-1)51-53-45(33-27-25-32(26-28-33)43-30-35-15-4-5-18-38(35)39-19-6-7-20-40(39)43)31-46(54-51)36-16-12-17-37(29-36)48-41-21-8-10-23-44(41)52-49-42-22-9-11-24-47(42)55-50(48)49/h1-31H. The highest BCUT2D eigenvalue weighted by Crippen LogP contribution is 2.43. The van der Waals surface area contributed by atoms with E-state index in [1.54, 1.807) is 0 Å². The third kappa shape index (κ3) is 5.38. The van der Waals surface area contributed by atoms with Crippen molar-refractivity contribution in [3.63, 3.8) is 0 Å². The minimum absolute atomic E-state index is 0.698. The minimum atomic E-state index is 0.698. The molecule has 3 heterocycles. The lowest BCUT2D eigenvalue weighted by molar-refractivity contribution is 1.18. The van der Waals surface area contributed by atoms with Crippen molar-refractivity contribution in [2.45, 2.75) is 0 Å². The van der Waals surface area contributed by atoms with Gasteiger partial charge in [0.15, 0.2) is 5.82 Å². The summed E-state index contributed by atoms with van der Waals surface area (Å²) in [6, 6.07) is 66.7. The lowest BCUT2D eigenvalue weighted by atomic mass is 9.92. The number of hydrogen-bond acceptors (Lipinski definition) is 4. The van der Waals surface area contributed by atoms with Crippen LogP contribution in [0.3, 0.4) is 0 Å². The molecule has 55 heavy (non-hydrogen) atoms. The van der Waals surface area contributed by atoms with E-state index in [0.717, 1.165) is 50.1 Å². The van der Waals surface area contributed by atoms with Crippen LogP contribution in [0, 0.1) is 0 Å². The molecule has 0 radical (unpaired) electrons. The largest absolute Gasteiger partial charge is 0.246 e. The van der Waals surface area contributed by atoms with Crippen molar-refractivity contribution in [3.8, 4) is 56.2 Å². The first-order valence-electron chi connectivity index (χ1n) is 18.5. The van der Waals surface area contributed by atoms with E-state index in [1.165, 1.54) is 53.0 Å². The summed E-state index contributed by atoms with van der Waals surface area (Å²) < 4.78 is 2.44. The van der Waals surface area contributed by atoms with Crippen LogP contribution < -0.4 is 0 Å². The van der Waals surface area contributed by atoms with Crippen LogP contribution in [0.25, 0.3) is 109 Å². The zero-order chi connectivity index (χ0) is 36.3. The highest BCUT2D eigenvalue weighted by molar-refractivity contribution is 7.26. The maximum atomic E-state index is 5.20. The van der Waals surface area contributed by atoms with Gasteiger partial charge in [-0.15, -0.1) is 11.3 Å². The second kappa shape index (κ2) is 12.8. The molecule has 0 amide bonds. The van der Waals surface area contributed by atoms with Crippen molar-refractivity contribution in [1.29, 1.82) is 0 Å². The second-order valence-corrected chi connectivity index (χ2v) is 15.0. The molecule has 0 N–H and O–H groups in total. The van der Waals surface area contributed by atoms with E-state index in [2.05, 4.69) is 170 Å². The first-order valence-corrected chi connectivity index (χ1v) is 19.3. The summed E-state index contributed by atoms with van der Waals surface area (Å²) in [5, 5.41) is 7.37. The molecule has 4 heteroatoms. The van der Waals surface area contributed by atoms with Gasteiger partial charge in [0.1, 0.15) is 0 Å². The summed E-state index contributed by atoms with van der Waals surface area (Å²) in [6.07, 6.45) is 0. The average Bonchev–Trinajstić information content (AvgIpc) is 3.63. The Labute approximate surface area is 321 Å². The fourth-order valence-electron chi connectivity index (χ4n) is 8.03. The van der Waals surface area contributed by atoms with Gasteiger partial charge in [0.2, 0.25) is 0 Å². The number of rotatable bonds is 5. The molecule has 0 atom stereocenters. The molecule has 0 unspecified atom stereocenters. The van der Waals surface area contributed by atoms with Crippen molar-refractivity contribution in [3.05, 3.63) is 188 Å². The topological polar surface area (TPSA) is 38.7 Å². The van der Waals surface area contributed by atoms with Crippen LogP contribution >= 0.6 is 11.3 Å². The lowest BCUT2D eigenvalue weighted by Crippen LogP contribution is -1.96. The van der Waals surface area contributed by atoms with E-state index in [4.69, 9.17) is 15.0 Å². The number of para-hydroxylation sites is 1. The maximum absolute atomic E-state index is 5.20. The summed E-state index contributed by atoms with van der Waals surface area (Å²) >= 11 is 1.81. The van der Waals surface area contributed by atoms with E-state index in [0.29, 0.717) is 5.82 Å². The van der Waals surface area contributed by atoms with Crippen LogP contribution in [0.2, 0.25) is 0 Å². The van der Waals surface area contributed by atoms with Crippen LogP contribution in [0.5, 0.6) is 0 Å². The van der Waals surface area contributed by atoms with E-state index in [9.17, 15) is 0 Å². The monoisotopic (exact) mass is 717 g/mol.